The van der Waals surface area contributed by atoms with Gasteiger partial charge in [0.1, 0.15) is 0 Å². The van der Waals surface area contributed by atoms with E-state index in [1.54, 1.807) is 0 Å². The molecule has 0 N–H and O–H groups in total. The summed E-state index contributed by atoms with van der Waals surface area (Å²) in [4.78, 5) is 0. The molecular formula is C17H16IS+. The van der Waals surface area contributed by atoms with E-state index in [-0.39, 0.29) is 0 Å². The maximum Gasteiger partial charge on any atom is 0.239 e. The summed E-state index contributed by atoms with van der Waals surface area (Å²) in [6.07, 6.45) is 3.78. The zero-order valence-corrected chi connectivity index (χ0v) is 13.7. The molecule has 0 saturated carbocycles. The van der Waals surface area contributed by atoms with Gasteiger partial charge in [0.25, 0.3) is 0 Å². The van der Waals surface area contributed by atoms with Crippen LogP contribution in [0.1, 0.15) is 18.4 Å². The van der Waals surface area contributed by atoms with Gasteiger partial charge in [-0.3, -0.25) is 0 Å². The van der Waals surface area contributed by atoms with Gasteiger partial charge in [0.15, 0.2) is 0 Å². The van der Waals surface area contributed by atoms with Crippen molar-refractivity contribution in [1.82, 2.24) is 0 Å². The van der Waals surface area contributed by atoms with Crippen LogP contribution in [0.25, 0.3) is 20.2 Å². The Bertz CT molecular complexity index is 652. The molecule has 0 spiro atoms. The summed E-state index contributed by atoms with van der Waals surface area (Å²) >= 11 is 4.37. The summed E-state index contributed by atoms with van der Waals surface area (Å²) in [5.41, 5.74) is 1.54. The van der Waals surface area contributed by atoms with Crippen LogP contribution in [0.2, 0.25) is 0 Å². The molecule has 0 fully saturated rings. The number of alkyl halides is 1. The third-order valence-corrected chi connectivity index (χ3v) is 5.37. The van der Waals surface area contributed by atoms with Gasteiger partial charge >= 0.3 is 0 Å². The quantitative estimate of drug-likeness (QED) is 0.169. The largest absolute Gasteiger partial charge is 0.239 e. The van der Waals surface area contributed by atoms with E-state index in [4.69, 9.17) is 0 Å². The molecule has 0 aliphatic rings. The predicted molar refractivity (Wildman–Crippen MR) is 95.6 cm³/mol. The molecule has 0 amide bonds. The van der Waals surface area contributed by atoms with Crippen molar-refractivity contribution in [2.45, 2.75) is 19.3 Å². The van der Waals surface area contributed by atoms with Crippen LogP contribution in [-0.2, 0) is 6.42 Å². The summed E-state index contributed by atoms with van der Waals surface area (Å²) in [6, 6.07) is 17.6. The van der Waals surface area contributed by atoms with Crippen LogP contribution >= 0.6 is 33.9 Å². The molecule has 0 nitrogen and oxygen atoms in total. The Kier molecular flexibility index (Phi) is 4.28. The molecule has 0 unspecified atom stereocenters. The van der Waals surface area contributed by atoms with E-state index < -0.39 is 0 Å². The summed E-state index contributed by atoms with van der Waals surface area (Å²) in [5, 5.41) is 2.89. The third-order valence-electron chi connectivity index (χ3n) is 3.45. The van der Waals surface area contributed by atoms with E-state index in [2.05, 4.69) is 71.1 Å². The summed E-state index contributed by atoms with van der Waals surface area (Å²) in [7, 11) is 0. The average molecular weight is 379 g/mol. The molecule has 3 rings (SSSR count). The average Bonchev–Trinajstić information content (AvgIpc) is 2.46. The SMILES string of the molecule is ICCCCc1c2ccccc2[s+]c2ccccc12. The standard InChI is InChI=1S/C17H16IS/c18-12-6-5-7-13-14-8-1-3-10-16(14)19-17-11-4-2-9-15(13)17/h1-4,8-11H,5-7,12H2/q+1. The Morgan fingerprint density at radius 3 is 1.95 bits per heavy atom. The number of halogens is 1. The number of fused-ring (bicyclic) bond motifs is 2. The molecule has 96 valence electrons. The van der Waals surface area contributed by atoms with Gasteiger partial charge in [-0.2, -0.15) is 0 Å². The number of hydrogen-bond donors (Lipinski definition) is 0. The molecule has 3 aromatic rings. The molecule has 0 radical (unpaired) electrons. The van der Waals surface area contributed by atoms with Crippen molar-refractivity contribution in [3.8, 4) is 0 Å². The van der Waals surface area contributed by atoms with Crippen LogP contribution in [0.3, 0.4) is 0 Å². The molecule has 1 heterocycles. The van der Waals surface area contributed by atoms with Crippen LogP contribution in [-0.4, -0.2) is 4.43 Å². The van der Waals surface area contributed by atoms with Crippen LogP contribution in [0.5, 0.6) is 0 Å². The molecule has 0 atom stereocenters. The van der Waals surface area contributed by atoms with Crippen molar-refractivity contribution in [2.24, 2.45) is 0 Å². The fraction of sp³-hybridized carbons (Fsp3) is 0.235. The van der Waals surface area contributed by atoms with Crippen molar-refractivity contribution in [3.63, 3.8) is 0 Å². The van der Waals surface area contributed by atoms with Crippen LogP contribution in [0.4, 0.5) is 0 Å². The second-order valence-electron chi connectivity index (χ2n) is 4.72. The summed E-state index contributed by atoms with van der Waals surface area (Å²) in [5.74, 6) is 0. The highest BCUT2D eigenvalue weighted by Gasteiger charge is 2.15. The Hall–Kier alpha value is -0.740. The summed E-state index contributed by atoms with van der Waals surface area (Å²) in [6.45, 7) is 0. The maximum atomic E-state index is 2.47. The zero-order chi connectivity index (χ0) is 13.1. The van der Waals surface area contributed by atoms with E-state index in [0.29, 0.717) is 0 Å². The Balaban J connectivity index is 2.21. The fourth-order valence-electron chi connectivity index (χ4n) is 2.54. The Morgan fingerprint density at radius 1 is 0.789 bits per heavy atom. The summed E-state index contributed by atoms with van der Waals surface area (Å²) < 4.78 is 4.07. The minimum atomic E-state index is 1.19. The number of rotatable bonds is 4. The molecule has 0 saturated heterocycles. The minimum absolute atomic E-state index is 1.19. The van der Waals surface area contributed by atoms with E-state index in [0.717, 1.165) is 0 Å². The molecule has 1 aromatic heterocycles. The number of hydrogen-bond acceptors (Lipinski definition) is 0. The Labute approximate surface area is 131 Å². The molecule has 2 heteroatoms. The number of unbranched alkanes of at least 4 members (excludes halogenated alkanes) is 1. The topological polar surface area (TPSA) is 0 Å². The highest BCUT2D eigenvalue weighted by atomic mass is 127. The first-order valence-electron chi connectivity index (χ1n) is 6.68. The molecule has 0 aliphatic carbocycles. The van der Waals surface area contributed by atoms with Gasteiger partial charge in [0.2, 0.25) is 20.7 Å². The zero-order valence-electron chi connectivity index (χ0n) is 10.7. The highest BCUT2D eigenvalue weighted by molar-refractivity contribution is 14.1. The monoisotopic (exact) mass is 379 g/mol. The van der Waals surface area contributed by atoms with Crippen molar-refractivity contribution >= 4 is 54.1 Å². The molecule has 2 aromatic carbocycles. The minimum Gasteiger partial charge on any atom is -0.0864 e. The molecule has 19 heavy (non-hydrogen) atoms. The van der Waals surface area contributed by atoms with Gasteiger partial charge in [-0.25, -0.2) is 0 Å². The number of benzene rings is 2. The fourth-order valence-corrected chi connectivity index (χ4v) is 4.21. The molecular weight excluding hydrogens is 363 g/mol. The first-order valence-corrected chi connectivity index (χ1v) is 9.03. The smallest absolute Gasteiger partial charge is 0.0864 e. The van der Waals surface area contributed by atoms with Crippen molar-refractivity contribution in [3.05, 3.63) is 54.1 Å². The van der Waals surface area contributed by atoms with Gasteiger partial charge in [-0.1, -0.05) is 46.9 Å². The number of aryl methyl sites for hydroxylation is 1. The lowest BCUT2D eigenvalue weighted by Crippen LogP contribution is -1.90. The van der Waals surface area contributed by atoms with Gasteiger partial charge in [0, 0.05) is 22.9 Å². The van der Waals surface area contributed by atoms with Crippen molar-refractivity contribution in [2.75, 3.05) is 4.43 Å². The Morgan fingerprint density at radius 2 is 1.37 bits per heavy atom. The highest BCUT2D eigenvalue weighted by Crippen LogP contribution is 2.33. The second-order valence-corrected chi connectivity index (χ2v) is 6.88. The first kappa shape index (κ1) is 13.3. The van der Waals surface area contributed by atoms with Gasteiger partial charge in [0.05, 0.1) is 0 Å². The lowest BCUT2D eigenvalue weighted by Gasteiger charge is -2.05. The van der Waals surface area contributed by atoms with E-state index in [1.165, 1.54) is 49.4 Å². The van der Waals surface area contributed by atoms with E-state index in [1.807, 2.05) is 11.3 Å². The van der Waals surface area contributed by atoms with Crippen LogP contribution in [0, 0.1) is 0 Å². The lowest BCUT2D eigenvalue weighted by atomic mass is 10.0. The predicted octanol–water partition coefficient (Wildman–Crippen LogP) is 6.09. The van der Waals surface area contributed by atoms with Gasteiger partial charge < -0.3 is 0 Å². The third kappa shape index (κ3) is 2.75. The van der Waals surface area contributed by atoms with Gasteiger partial charge in [-0.15, -0.1) is 0 Å². The van der Waals surface area contributed by atoms with Crippen molar-refractivity contribution in [1.29, 1.82) is 0 Å². The second kappa shape index (κ2) is 6.14. The normalized spacial score (nSPS) is 11.2. The molecule has 0 aliphatic heterocycles. The first-order chi connectivity index (χ1) is 9.40. The van der Waals surface area contributed by atoms with Gasteiger partial charge in [-0.05, 0) is 41.4 Å². The van der Waals surface area contributed by atoms with E-state index >= 15 is 0 Å². The van der Waals surface area contributed by atoms with Crippen LogP contribution < -0.4 is 0 Å². The van der Waals surface area contributed by atoms with Crippen molar-refractivity contribution < 1.29 is 0 Å². The van der Waals surface area contributed by atoms with Crippen LogP contribution in [0.15, 0.2) is 48.5 Å². The maximum absolute atomic E-state index is 2.47. The van der Waals surface area contributed by atoms with E-state index in [9.17, 15) is 0 Å². The lowest BCUT2D eigenvalue weighted by molar-refractivity contribution is 0.818. The molecule has 0 bridgehead atoms.